The predicted molar refractivity (Wildman–Crippen MR) is 158 cm³/mol. The molecule has 6 heteroatoms. The van der Waals surface area contributed by atoms with E-state index in [2.05, 4.69) is 89.9 Å². The van der Waals surface area contributed by atoms with Gasteiger partial charge in [0.1, 0.15) is 10.5 Å². The molecule has 2 aromatic rings. The molecule has 37 heavy (non-hydrogen) atoms. The van der Waals surface area contributed by atoms with Crippen LogP contribution in [0.2, 0.25) is 0 Å². The third-order valence-electron chi connectivity index (χ3n) is 8.84. The van der Waals surface area contributed by atoms with Crippen LogP contribution in [0, 0.1) is 0 Å². The second kappa shape index (κ2) is 11.3. The fourth-order valence-corrected chi connectivity index (χ4v) is 6.94. The van der Waals surface area contributed by atoms with Crippen molar-refractivity contribution >= 4 is 29.0 Å². The molecule has 1 spiro atoms. The molecule has 0 radical (unpaired) electrons. The average Bonchev–Trinajstić information content (AvgIpc) is 3.22. The van der Waals surface area contributed by atoms with E-state index in [0.717, 1.165) is 49.0 Å². The predicted octanol–water partition coefficient (Wildman–Crippen LogP) is 6.34. The van der Waals surface area contributed by atoms with Gasteiger partial charge in [0.05, 0.1) is 12.1 Å². The Kier molecular flexibility index (Phi) is 7.94. The molecule has 0 bridgehead atoms. The monoisotopic (exact) mass is 515 g/mol. The Morgan fingerprint density at radius 3 is 2.08 bits per heavy atom. The van der Waals surface area contributed by atoms with Crippen molar-refractivity contribution in [2.24, 2.45) is 9.98 Å². The van der Waals surface area contributed by atoms with Gasteiger partial charge in [0.15, 0.2) is 5.84 Å². The van der Waals surface area contributed by atoms with Gasteiger partial charge in [-0.05, 0) is 36.8 Å². The molecule has 1 aliphatic heterocycles. The minimum absolute atomic E-state index is 0.106. The van der Waals surface area contributed by atoms with Crippen molar-refractivity contribution in [2.75, 3.05) is 14.1 Å². The van der Waals surface area contributed by atoms with Crippen LogP contribution in [0.3, 0.4) is 0 Å². The van der Waals surface area contributed by atoms with E-state index in [1.165, 1.54) is 49.7 Å². The fraction of sp³-hybridized carbons (Fsp3) is 0.516. The van der Waals surface area contributed by atoms with Crippen LogP contribution >= 0.6 is 12.2 Å². The summed E-state index contributed by atoms with van der Waals surface area (Å²) in [6.07, 6.45) is 11.7. The number of aliphatic imine (C=N–C) groups is 2. The molecule has 196 valence electrons. The summed E-state index contributed by atoms with van der Waals surface area (Å²) in [6.45, 7) is 1.43. The lowest BCUT2D eigenvalue weighted by atomic mass is 9.79. The molecule has 0 saturated heterocycles. The minimum Gasteiger partial charge on any atom is -0.374 e. The molecular formula is C31H41N5S. The lowest BCUT2D eigenvalue weighted by Crippen LogP contribution is -2.63. The summed E-state index contributed by atoms with van der Waals surface area (Å²) in [4.78, 5) is 16.3. The maximum Gasteiger partial charge on any atom is 0.204 e. The van der Waals surface area contributed by atoms with E-state index in [0.29, 0.717) is 6.54 Å². The Bertz CT molecular complexity index is 1110. The number of benzene rings is 2. The second-order valence-electron chi connectivity index (χ2n) is 11.0. The number of guanidine groups is 1. The van der Waals surface area contributed by atoms with E-state index in [1.54, 1.807) is 0 Å². The van der Waals surface area contributed by atoms with Gasteiger partial charge in [-0.2, -0.15) is 4.99 Å². The van der Waals surface area contributed by atoms with E-state index in [-0.39, 0.29) is 11.1 Å². The van der Waals surface area contributed by atoms with Crippen molar-refractivity contribution in [3.8, 4) is 0 Å². The lowest BCUT2D eigenvalue weighted by molar-refractivity contribution is 0.162. The maximum absolute atomic E-state index is 6.17. The maximum atomic E-state index is 6.17. The van der Waals surface area contributed by atoms with Gasteiger partial charge in [-0.25, -0.2) is 0 Å². The Balaban J connectivity index is 1.44. The van der Waals surface area contributed by atoms with Crippen molar-refractivity contribution in [1.29, 1.82) is 0 Å². The number of hydrogen-bond donors (Lipinski definition) is 1. The highest BCUT2D eigenvalue weighted by Gasteiger charge is 2.51. The highest BCUT2D eigenvalue weighted by molar-refractivity contribution is 7.80. The van der Waals surface area contributed by atoms with E-state index in [4.69, 9.17) is 22.2 Å². The van der Waals surface area contributed by atoms with Gasteiger partial charge in [0.25, 0.3) is 0 Å². The van der Waals surface area contributed by atoms with E-state index >= 15 is 0 Å². The van der Waals surface area contributed by atoms with Gasteiger partial charge in [-0.1, -0.05) is 111 Å². The topological polar surface area (TPSA) is 43.2 Å². The smallest absolute Gasteiger partial charge is 0.204 e. The van der Waals surface area contributed by atoms with Crippen molar-refractivity contribution in [3.63, 3.8) is 0 Å². The van der Waals surface area contributed by atoms with Crippen LogP contribution in [0.15, 0.2) is 70.6 Å². The summed E-state index contributed by atoms with van der Waals surface area (Å²) in [6, 6.07) is 21.1. The molecule has 5 rings (SSSR count). The highest BCUT2D eigenvalue weighted by Crippen LogP contribution is 2.42. The molecule has 0 amide bonds. The normalized spacial score (nSPS) is 21.6. The zero-order valence-corrected chi connectivity index (χ0v) is 23.3. The Morgan fingerprint density at radius 1 is 0.892 bits per heavy atom. The van der Waals surface area contributed by atoms with Crippen LogP contribution in [0.5, 0.6) is 0 Å². The summed E-state index contributed by atoms with van der Waals surface area (Å²) >= 11 is 6.17. The lowest BCUT2D eigenvalue weighted by Gasteiger charge is -2.49. The standard InChI is InChI=1S/C31H41N5S/c1-35-29(34-27(30(35)19-11-5-12-20-30)32-23-25-15-7-3-8-16-25)36(2)31(21-13-6-14-22-31)28(37)33-24-26-17-9-4-10-18-26/h3-4,7-10,15-18H,5-6,11-14,19-24H2,1-2H3,(H,33,37). The molecule has 0 atom stereocenters. The van der Waals surface area contributed by atoms with Crippen molar-refractivity contribution < 1.29 is 0 Å². The van der Waals surface area contributed by atoms with Crippen LogP contribution in [0.25, 0.3) is 0 Å². The van der Waals surface area contributed by atoms with Gasteiger partial charge in [-0.3, -0.25) is 4.99 Å². The molecule has 2 aromatic carbocycles. The van der Waals surface area contributed by atoms with Crippen molar-refractivity contribution in [2.45, 2.75) is 88.4 Å². The zero-order chi connectivity index (χ0) is 25.7. The van der Waals surface area contributed by atoms with E-state index < -0.39 is 0 Å². The van der Waals surface area contributed by atoms with Crippen molar-refractivity contribution in [3.05, 3.63) is 71.8 Å². The van der Waals surface area contributed by atoms with Crippen LogP contribution in [0.4, 0.5) is 0 Å². The first-order chi connectivity index (χ1) is 18.1. The van der Waals surface area contributed by atoms with Crippen LogP contribution in [-0.2, 0) is 13.1 Å². The molecule has 2 aliphatic carbocycles. The summed E-state index contributed by atoms with van der Waals surface area (Å²) in [5, 5.41) is 3.64. The second-order valence-corrected chi connectivity index (χ2v) is 11.4. The first-order valence-corrected chi connectivity index (χ1v) is 14.4. The minimum atomic E-state index is -0.222. The molecule has 2 saturated carbocycles. The summed E-state index contributed by atoms with van der Waals surface area (Å²) in [7, 11) is 4.45. The first-order valence-electron chi connectivity index (χ1n) is 14.0. The highest BCUT2D eigenvalue weighted by atomic mass is 32.1. The third kappa shape index (κ3) is 5.18. The van der Waals surface area contributed by atoms with Crippen LogP contribution < -0.4 is 5.32 Å². The van der Waals surface area contributed by atoms with Crippen molar-refractivity contribution in [1.82, 2.24) is 15.1 Å². The summed E-state index contributed by atoms with van der Waals surface area (Å²) in [5.74, 6) is 2.04. The fourth-order valence-electron chi connectivity index (χ4n) is 6.53. The number of rotatable bonds is 6. The summed E-state index contributed by atoms with van der Waals surface area (Å²) in [5.41, 5.74) is 2.16. The Labute approximate surface area is 228 Å². The van der Waals surface area contributed by atoms with Gasteiger partial charge in [0, 0.05) is 20.6 Å². The number of nitrogens with zero attached hydrogens (tertiary/aromatic N) is 4. The SMILES string of the molecule is CN(C1=NC(=NCc2ccccc2)C2(CCCCC2)N1C)C1(C(=S)NCc2ccccc2)CCCCC1. The Hall–Kier alpha value is -2.73. The zero-order valence-electron chi connectivity index (χ0n) is 22.5. The van der Waals surface area contributed by atoms with Crippen LogP contribution in [-0.4, -0.2) is 51.8 Å². The molecule has 3 aliphatic rings. The molecule has 0 aromatic heterocycles. The van der Waals surface area contributed by atoms with Crippen LogP contribution in [0.1, 0.15) is 75.3 Å². The molecular weight excluding hydrogens is 474 g/mol. The summed E-state index contributed by atoms with van der Waals surface area (Å²) < 4.78 is 0. The number of hydrogen-bond acceptors (Lipinski definition) is 4. The average molecular weight is 516 g/mol. The molecule has 2 fully saturated rings. The van der Waals surface area contributed by atoms with Gasteiger partial charge < -0.3 is 15.1 Å². The Morgan fingerprint density at radius 2 is 1.46 bits per heavy atom. The molecule has 1 heterocycles. The molecule has 0 unspecified atom stereocenters. The van der Waals surface area contributed by atoms with Gasteiger partial charge in [-0.15, -0.1) is 0 Å². The van der Waals surface area contributed by atoms with E-state index in [1.807, 2.05) is 0 Å². The molecule has 1 N–H and O–H groups in total. The third-order valence-corrected chi connectivity index (χ3v) is 9.36. The van der Waals surface area contributed by atoms with Gasteiger partial charge >= 0.3 is 0 Å². The quantitative estimate of drug-likeness (QED) is 0.456. The van der Waals surface area contributed by atoms with E-state index in [9.17, 15) is 0 Å². The van der Waals surface area contributed by atoms with Gasteiger partial charge in [0.2, 0.25) is 5.96 Å². The number of likely N-dealkylation sites (N-methyl/N-ethyl adjacent to an activating group) is 2. The number of nitrogens with one attached hydrogen (secondary N) is 1. The number of amidine groups is 1. The largest absolute Gasteiger partial charge is 0.374 e. The number of thiocarbonyl (C=S) groups is 1. The molecule has 5 nitrogen and oxygen atoms in total. The first kappa shape index (κ1) is 25.9.